The minimum Gasteiger partial charge on any atom is -0.480 e. The second-order valence-corrected chi connectivity index (χ2v) is 11.5. The molecule has 1 aromatic carbocycles. The van der Waals surface area contributed by atoms with Crippen molar-refractivity contribution in [3.8, 4) is 0 Å². The van der Waals surface area contributed by atoms with Crippen molar-refractivity contribution in [2.75, 3.05) is 12.4 Å². The highest BCUT2D eigenvalue weighted by Gasteiger charge is 2.21. The summed E-state index contributed by atoms with van der Waals surface area (Å²) in [6.45, 7) is 5.41. The number of hydrogen-bond acceptors (Lipinski definition) is 8. The van der Waals surface area contributed by atoms with E-state index in [9.17, 15) is 24.3 Å². The molecule has 0 aliphatic carbocycles. The first-order chi connectivity index (χ1) is 16.5. The number of carboxylic acids is 3. The van der Waals surface area contributed by atoms with Gasteiger partial charge in [-0.05, 0) is 37.0 Å². The fourth-order valence-corrected chi connectivity index (χ4v) is 5.12. The lowest BCUT2D eigenvalue weighted by Crippen LogP contribution is -2.43. The highest BCUT2D eigenvalue weighted by molar-refractivity contribution is 8.00. The largest absolute Gasteiger partial charge is 0.480 e. The first-order valence-electron chi connectivity index (χ1n) is 11.1. The third kappa shape index (κ3) is 13.0. The van der Waals surface area contributed by atoms with Crippen LogP contribution in [0.5, 0.6) is 0 Å². The van der Waals surface area contributed by atoms with Crippen molar-refractivity contribution in [1.29, 1.82) is 0 Å². The van der Waals surface area contributed by atoms with Gasteiger partial charge in [-0.2, -0.15) is 11.8 Å². The molecule has 1 amide bonds. The molecule has 0 bridgehead atoms. The van der Waals surface area contributed by atoms with Crippen LogP contribution < -0.4 is 5.32 Å². The molecule has 0 aliphatic heterocycles. The molecule has 12 heteroatoms. The number of nitrogens with one attached hydrogen (secondary N) is 1. The minimum atomic E-state index is -1.16. The van der Waals surface area contributed by atoms with E-state index in [0.29, 0.717) is 23.7 Å². The highest BCUT2D eigenvalue weighted by Crippen LogP contribution is 2.26. The molecule has 3 atom stereocenters. The molecule has 0 aliphatic rings. The Labute approximate surface area is 218 Å². The summed E-state index contributed by atoms with van der Waals surface area (Å²) in [6.07, 6.45) is 0.796. The van der Waals surface area contributed by atoms with E-state index in [1.807, 2.05) is 25.1 Å². The maximum absolute atomic E-state index is 11.8. The number of alkyl carbamates (subject to hydrolysis) is 1. The standard InChI is InChI=1S/C23H33NO8S3/c1-4-5-6-32-23(31)24-19(22(29)30)13-33-10-16-7-17(11-34-14(2)20(25)26)9-18(8-16)12-35-15(3)21(27)28/h7-9,14-15,19H,4-6,10-13H2,1-3H3,(H,24,31)(H,25,26)(H,27,28)(H,29,30). The smallest absolute Gasteiger partial charge is 0.407 e. The second-order valence-electron chi connectivity index (χ2n) is 7.78. The van der Waals surface area contributed by atoms with Gasteiger partial charge in [0.1, 0.15) is 6.04 Å². The number of aliphatic carboxylic acids is 3. The summed E-state index contributed by atoms with van der Waals surface area (Å²) >= 11 is 3.91. The van der Waals surface area contributed by atoms with E-state index in [4.69, 9.17) is 14.9 Å². The molecule has 0 aromatic heterocycles. The molecule has 35 heavy (non-hydrogen) atoms. The predicted molar refractivity (Wildman–Crippen MR) is 140 cm³/mol. The van der Waals surface area contributed by atoms with Gasteiger partial charge in [0.2, 0.25) is 0 Å². The van der Waals surface area contributed by atoms with Crippen LogP contribution >= 0.6 is 35.3 Å². The summed E-state index contributed by atoms with van der Waals surface area (Å²) in [5.41, 5.74) is 2.73. The molecule has 9 nitrogen and oxygen atoms in total. The second kappa shape index (κ2) is 16.6. The fraction of sp³-hybridized carbons (Fsp3) is 0.565. The molecule has 0 heterocycles. The lowest BCUT2D eigenvalue weighted by molar-refractivity contribution is -0.139. The molecule has 3 unspecified atom stereocenters. The number of ether oxygens (including phenoxy) is 1. The van der Waals surface area contributed by atoms with Crippen molar-refractivity contribution in [3.05, 3.63) is 34.9 Å². The number of amides is 1. The molecular formula is C23H33NO8S3. The summed E-state index contributed by atoms with van der Waals surface area (Å²) in [5.74, 6) is -1.40. The van der Waals surface area contributed by atoms with Gasteiger partial charge < -0.3 is 25.4 Å². The highest BCUT2D eigenvalue weighted by atomic mass is 32.2. The Morgan fingerprint density at radius 1 is 0.857 bits per heavy atom. The lowest BCUT2D eigenvalue weighted by Gasteiger charge is -2.15. The number of benzene rings is 1. The van der Waals surface area contributed by atoms with E-state index >= 15 is 0 Å². The van der Waals surface area contributed by atoms with E-state index < -0.39 is 40.5 Å². The number of carbonyl (C=O) groups is 4. The van der Waals surface area contributed by atoms with Gasteiger partial charge in [0.15, 0.2) is 0 Å². The van der Waals surface area contributed by atoms with Crippen LogP contribution in [0, 0.1) is 0 Å². The van der Waals surface area contributed by atoms with Gasteiger partial charge in [-0.3, -0.25) is 9.59 Å². The zero-order valence-corrected chi connectivity index (χ0v) is 22.5. The Hall–Kier alpha value is -2.05. The Morgan fingerprint density at radius 2 is 1.34 bits per heavy atom. The Bertz CT molecular complexity index is 825. The van der Waals surface area contributed by atoms with Crippen molar-refractivity contribution in [1.82, 2.24) is 5.32 Å². The number of hydrogen-bond donors (Lipinski definition) is 4. The van der Waals surface area contributed by atoms with Crippen molar-refractivity contribution < 1.29 is 39.2 Å². The molecule has 0 fully saturated rings. The fourth-order valence-electron chi connectivity index (χ4n) is 2.64. The summed E-state index contributed by atoms with van der Waals surface area (Å²) in [6, 6.07) is 4.71. The zero-order valence-electron chi connectivity index (χ0n) is 20.0. The SMILES string of the molecule is CCCCOC(=O)NC(CSCc1cc(CSC(C)C(=O)O)cc(CSC(C)C(=O)O)c1)C(=O)O. The Balaban J connectivity index is 2.83. The van der Waals surface area contributed by atoms with Gasteiger partial charge in [-0.1, -0.05) is 31.5 Å². The van der Waals surface area contributed by atoms with E-state index in [1.54, 1.807) is 13.8 Å². The van der Waals surface area contributed by atoms with Crippen LogP contribution in [-0.2, 0) is 36.4 Å². The van der Waals surface area contributed by atoms with Crippen LogP contribution in [0.3, 0.4) is 0 Å². The molecule has 196 valence electrons. The minimum absolute atomic E-state index is 0.132. The van der Waals surface area contributed by atoms with E-state index in [1.165, 1.54) is 35.3 Å². The number of rotatable bonds is 17. The molecule has 0 spiro atoms. The van der Waals surface area contributed by atoms with Gasteiger partial charge in [0.25, 0.3) is 0 Å². The van der Waals surface area contributed by atoms with E-state index in [-0.39, 0.29) is 12.4 Å². The van der Waals surface area contributed by atoms with Gasteiger partial charge in [-0.15, -0.1) is 23.5 Å². The van der Waals surface area contributed by atoms with Crippen molar-refractivity contribution in [3.63, 3.8) is 0 Å². The third-order valence-electron chi connectivity index (χ3n) is 4.68. The maximum Gasteiger partial charge on any atom is 0.407 e. The quantitative estimate of drug-likeness (QED) is 0.207. The Kier molecular flexibility index (Phi) is 14.7. The molecule has 4 N–H and O–H groups in total. The normalized spacial score (nSPS) is 13.5. The van der Waals surface area contributed by atoms with Crippen LogP contribution in [0.4, 0.5) is 4.79 Å². The predicted octanol–water partition coefficient (Wildman–Crippen LogP) is 4.31. The Morgan fingerprint density at radius 3 is 1.77 bits per heavy atom. The molecule has 0 saturated heterocycles. The van der Waals surface area contributed by atoms with Crippen molar-refractivity contribution in [2.45, 2.75) is 67.4 Å². The molecular weight excluding hydrogens is 514 g/mol. The molecule has 1 aromatic rings. The van der Waals surface area contributed by atoms with Crippen LogP contribution in [0.1, 0.15) is 50.3 Å². The summed E-state index contributed by atoms with van der Waals surface area (Å²) in [4.78, 5) is 45.6. The van der Waals surface area contributed by atoms with Gasteiger partial charge in [-0.25, -0.2) is 9.59 Å². The zero-order chi connectivity index (χ0) is 26.4. The average molecular weight is 548 g/mol. The summed E-state index contributed by atoms with van der Waals surface area (Å²) in [7, 11) is 0. The molecule has 1 rings (SSSR count). The first kappa shape index (κ1) is 31.0. The number of carbonyl (C=O) groups excluding carboxylic acids is 1. The maximum atomic E-state index is 11.8. The lowest BCUT2D eigenvalue weighted by atomic mass is 10.1. The van der Waals surface area contributed by atoms with Gasteiger partial charge >= 0.3 is 24.0 Å². The topological polar surface area (TPSA) is 150 Å². The van der Waals surface area contributed by atoms with E-state index in [2.05, 4.69) is 5.32 Å². The van der Waals surface area contributed by atoms with Crippen LogP contribution in [0.2, 0.25) is 0 Å². The average Bonchev–Trinajstić information content (AvgIpc) is 2.80. The van der Waals surface area contributed by atoms with Crippen molar-refractivity contribution >= 4 is 59.3 Å². The third-order valence-corrected chi connectivity index (χ3v) is 8.19. The number of unbranched alkanes of at least 4 members (excludes halogenated alkanes) is 1. The summed E-state index contributed by atoms with van der Waals surface area (Å²) in [5, 5.41) is 28.9. The van der Waals surface area contributed by atoms with E-state index in [0.717, 1.165) is 23.1 Å². The first-order valence-corrected chi connectivity index (χ1v) is 14.3. The number of carboxylic acid groups (broad SMARTS) is 3. The number of thioether (sulfide) groups is 3. The molecule has 0 saturated carbocycles. The van der Waals surface area contributed by atoms with Gasteiger partial charge in [0, 0.05) is 23.0 Å². The monoisotopic (exact) mass is 547 g/mol. The van der Waals surface area contributed by atoms with Crippen LogP contribution in [0.15, 0.2) is 18.2 Å². The molecule has 0 radical (unpaired) electrons. The van der Waals surface area contributed by atoms with Crippen LogP contribution in [-0.4, -0.2) is 68.2 Å². The van der Waals surface area contributed by atoms with Crippen molar-refractivity contribution in [2.24, 2.45) is 0 Å². The van der Waals surface area contributed by atoms with Crippen LogP contribution in [0.25, 0.3) is 0 Å². The van der Waals surface area contributed by atoms with Gasteiger partial charge in [0.05, 0.1) is 17.1 Å². The summed E-state index contributed by atoms with van der Waals surface area (Å²) < 4.78 is 4.97.